The first kappa shape index (κ1) is 16.0. The molecular weight excluding hydrogens is 460 g/mol. The molecule has 0 saturated carbocycles. The highest BCUT2D eigenvalue weighted by Gasteiger charge is 2.21. The van der Waals surface area contributed by atoms with E-state index in [-0.39, 0.29) is 23.8 Å². The van der Waals surface area contributed by atoms with E-state index in [0.29, 0.717) is 9.99 Å². The van der Waals surface area contributed by atoms with E-state index in [2.05, 4.69) is 27.9 Å². The first-order chi connectivity index (χ1) is 8.26. The summed E-state index contributed by atoms with van der Waals surface area (Å²) < 4.78 is 1.51. The molecule has 0 aromatic heterocycles. The van der Waals surface area contributed by atoms with Gasteiger partial charge in [-0.2, -0.15) is 0 Å². The van der Waals surface area contributed by atoms with Crippen molar-refractivity contribution in [3.63, 3.8) is 0 Å². The zero-order valence-corrected chi connectivity index (χ0v) is 14.4. The average Bonchev–Trinajstić information content (AvgIpc) is 2.31. The number of phenols is 1. The van der Waals surface area contributed by atoms with E-state index in [1.807, 2.05) is 29.5 Å². The van der Waals surface area contributed by atoms with Crippen LogP contribution in [-0.2, 0) is 0 Å². The van der Waals surface area contributed by atoms with Crippen molar-refractivity contribution in [2.45, 2.75) is 25.9 Å². The molecule has 0 saturated heterocycles. The Morgan fingerprint density at radius 2 is 2.06 bits per heavy atom. The third kappa shape index (κ3) is 4.23. The lowest BCUT2D eigenvalue weighted by Gasteiger charge is -2.21. The van der Waals surface area contributed by atoms with Crippen molar-refractivity contribution in [2.75, 3.05) is 6.54 Å². The second-order valence-electron chi connectivity index (χ2n) is 4.32. The fraction of sp³-hybridized carbons (Fsp3) is 0.417. The molecule has 1 rings (SSSR count). The molecule has 0 aliphatic carbocycles. The van der Waals surface area contributed by atoms with Gasteiger partial charge in [0.1, 0.15) is 5.75 Å². The topological polar surface area (TPSA) is 69.6 Å². The SMILES string of the molecule is CCC(C)(O)CNC(=O)c1cc(I)cc(I)c1O. The smallest absolute Gasteiger partial charge is 0.255 e. The number of hydrogen-bond acceptors (Lipinski definition) is 3. The Bertz CT molecular complexity index is 461. The summed E-state index contributed by atoms with van der Waals surface area (Å²) in [6, 6.07) is 3.41. The maximum atomic E-state index is 11.9. The summed E-state index contributed by atoms with van der Waals surface area (Å²) >= 11 is 4.06. The summed E-state index contributed by atoms with van der Waals surface area (Å²) in [5, 5.41) is 22.3. The van der Waals surface area contributed by atoms with Gasteiger partial charge in [-0.3, -0.25) is 4.79 Å². The number of benzene rings is 1. The first-order valence-electron chi connectivity index (χ1n) is 5.45. The molecule has 4 nitrogen and oxygen atoms in total. The Morgan fingerprint density at radius 3 is 2.61 bits per heavy atom. The van der Waals surface area contributed by atoms with Crippen LogP contribution in [0.25, 0.3) is 0 Å². The van der Waals surface area contributed by atoms with Crippen molar-refractivity contribution in [3.05, 3.63) is 24.8 Å². The molecule has 18 heavy (non-hydrogen) atoms. The fourth-order valence-electron chi connectivity index (χ4n) is 1.23. The maximum absolute atomic E-state index is 11.9. The Balaban J connectivity index is 2.85. The van der Waals surface area contributed by atoms with Crippen LogP contribution in [0.2, 0.25) is 0 Å². The largest absolute Gasteiger partial charge is 0.506 e. The molecular formula is C12H15I2NO3. The van der Waals surface area contributed by atoms with E-state index >= 15 is 0 Å². The molecule has 0 fully saturated rings. The van der Waals surface area contributed by atoms with E-state index in [1.165, 1.54) is 0 Å². The van der Waals surface area contributed by atoms with Gasteiger partial charge in [-0.25, -0.2) is 0 Å². The van der Waals surface area contributed by atoms with Crippen LogP contribution in [0.5, 0.6) is 5.75 Å². The van der Waals surface area contributed by atoms with Crippen molar-refractivity contribution in [1.82, 2.24) is 5.32 Å². The standard InChI is InChI=1S/C12H15I2NO3/c1-3-12(2,18)6-15-11(17)8-4-7(13)5-9(14)10(8)16/h4-5,16,18H,3,6H2,1-2H3,(H,15,17). The number of aromatic hydroxyl groups is 1. The Hall–Kier alpha value is -0.0900. The molecule has 1 aromatic carbocycles. The van der Waals surface area contributed by atoms with Gasteiger partial charge < -0.3 is 15.5 Å². The van der Waals surface area contributed by atoms with Crippen LogP contribution in [0.15, 0.2) is 12.1 Å². The second-order valence-corrected chi connectivity index (χ2v) is 6.72. The summed E-state index contributed by atoms with van der Waals surface area (Å²) in [4.78, 5) is 11.9. The lowest BCUT2D eigenvalue weighted by atomic mass is 10.0. The van der Waals surface area contributed by atoms with Gasteiger partial charge in [0.15, 0.2) is 0 Å². The van der Waals surface area contributed by atoms with Crippen molar-refractivity contribution in [3.8, 4) is 5.75 Å². The average molecular weight is 475 g/mol. The van der Waals surface area contributed by atoms with Crippen LogP contribution < -0.4 is 5.32 Å². The van der Waals surface area contributed by atoms with Crippen LogP contribution >= 0.6 is 45.2 Å². The number of carbonyl (C=O) groups is 1. The molecule has 0 aliphatic heterocycles. The summed E-state index contributed by atoms with van der Waals surface area (Å²) in [7, 11) is 0. The van der Waals surface area contributed by atoms with Crippen molar-refractivity contribution >= 4 is 51.1 Å². The van der Waals surface area contributed by atoms with Gasteiger partial charge >= 0.3 is 0 Å². The highest BCUT2D eigenvalue weighted by Crippen LogP contribution is 2.26. The predicted octanol–water partition coefficient (Wildman–Crippen LogP) is 2.49. The van der Waals surface area contributed by atoms with Gasteiger partial charge in [0.2, 0.25) is 0 Å². The van der Waals surface area contributed by atoms with Gasteiger partial charge in [0.25, 0.3) is 5.91 Å². The molecule has 1 unspecified atom stereocenters. The fourth-order valence-corrected chi connectivity index (χ4v) is 3.07. The number of nitrogens with one attached hydrogen (secondary N) is 1. The number of amides is 1. The number of rotatable bonds is 4. The molecule has 0 heterocycles. The Kier molecular flexibility index (Phi) is 5.66. The van der Waals surface area contributed by atoms with E-state index in [9.17, 15) is 15.0 Å². The minimum Gasteiger partial charge on any atom is -0.506 e. The molecule has 0 bridgehead atoms. The summed E-state index contributed by atoms with van der Waals surface area (Å²) in [5.41, 5.74) is -0.696. The quantitative estimate of drug-likeness (QED) is 0.587. The van der Waals surface area contributed by atoms with Gasteiger partial charge in [0.05, 0.1) is 14.7 Å². The Labute approximate surface area is 133 Å². The summed E-state index contributed by atoms with van der Waals surface area (Å²) in [5.74, 6) is -0.401. The first-order valence-corrected chi connectivity index (χ1v) is 7.61. The number of halogens is 2. The molecule has 1 aromatic rings. The lowest BCUT2D eigenvalue weighted by Crippen LogP contribution is -2.40. The highest BCUT2D eigenvalue weighted by atomic mass is 127. The molecule has 6 heteroatoms. The third-order valence-electron chi connectivity index (χ3n) is 2.66. The van der Waals surface area contributed by atoms with Crippen LogP contribution in [0.1, 0.15) is 30.6 Å². The Morgan fingerprint density at radius 1 is 1.44 bits per heavy atom. The van der Waals surface area contributed by atoms with Gasteiger partial charge in [-0.15, -0.1) is 0 Å². The maximum Gasteiger partial charge on any atom is 0.255 e. The molecule has 100 valence electrons. The lowest BCUT2D eigenvalue weighted by molar-refractivity contribution is 0.0517. The second kappa shape index (κ2) is 6.38. The molecule has 0 spiro atoms. The zero-order chi connectivity index (χ0) is 13.9. The monoisotopic (exact) mass is 475 g/mol. The van der Waals surface area contributed by atoms with Gasteiger partial charge in [0, 0.05) is 10.1 Å². The zero-order valence-electron chi connectivity index (χ0n) is 10.1. The van der Waals surface area contributed by atoms with Gasteiger partial charge in [-0.05, 0) is 70.7 Å². The van der Waals surface area contributed by atoms with Crippen LogP contribution in [-0.4, -0.2) is 28.3 Å². The molecule has 1 amide bonds. The third-order valence-corrected chi connectivity index (χ3v) is 4.11. The predicted molar refractivity (Wildman–Crippen MR) is 86.8 cm³/mol. The van der Waals surface area contributed by atoms with E-state index in [4.69, 9.17) is 0 Å². The number of phenolic OH excluding ortho intramolecular Hbond substituents is 1. The van der Waals surface area contributed by atoms with Crippen molar-refractivity contribution < 1.29 is 15.0 Å². The highest BCUT2D eigenvalue weighted by molar-refractivity contribution is 14.1. The summed E-state index contributed by atoms with van der Waals surface area (Å²) in [6.07, 6.45) is 0.545. The number of hydrogen-bond donors (Lipinski definition) is 3. The molecule has 0 radical (unpaired) electrons. The summed E-state index contributed by atoms with van der Waals surface area (Å²) in [6.45, 7) is 3.66. The van der Waals surface area contributed by atoms with Crippen LogP contribution in [0, 0.1) is 7.14 Å². The molecule has 0 aliphatic rings. The van der Waals surface area contributed by atoms with Crippen LogP contribution in [0.3, 0.4) is 0 Å². The minimum absolute atomic E-state index is 0.0235. The van der Waals surface area contributed by atoms with Crippen LogP contribution in [0.4, 0.5) is 0 Å². The number of aliphatic hydroxyl groups is 1. The number of carbonyl (C=O) groups excluding carboxylic acids is 1. The molecule has 1 atom stereocenters. The van der Waals surface area contributed by atoms with Crippen molar-refractivity contribution in [2.24, 2.45) is 0 Å². The van der Waals surface area contributed by atoms with Crippen molar-refractivity contribution in [1.29, 1.82) is 0 Å². The van der Waals surface area contributed by atoms with Gasteiger partial charge in [-0.1, -0.05) is 6.92 Å². The van der Waals surface area contributed by atoms with E-state index in [0.717, 1.165) is 3.57 Å². The van der Waals surface area contributed by atoms with E-state index in [1.54, 1.807) is 19.1 Å². The van der Waals surface area contributed by atoms with E-state index < -0.39 is 5.60 Å². The minimum atomic E-state index is -0.930. The normalized spacial score (nSPS) is 14.1. The molecule has 3 N–H and O–H groups in total.